The zero-order valence-electron chi connectivity index (χ0n) is 15.2. The van der Waals surface area contributed by atoms with E-state index in [9.17, 15) is 4.79 Å². The number of rotatable bonds is 8. The van der Waals surface area contributed by atoms with E-state index in [0.29, 0.717) is 18.4 Å². The van der Waals surface area contributed by atoms with E-state index in [1.807, 2.05) is 18.3 Å². The molecular formula is C19H20N8O. The van der Waals surface area contributed by atoms with Crippen molar-refractivity contribution in [2.45, 2.75) is 25.2 Å². The maximum absolute atomic E-state index is 11.0. The van der Waals surface area contributed by atoms with Gasteiger partial charge in [-0.2, -0.15) is 4.98 Å². The van der Waals surface area contributed by atoms with Crippen LogP contribution in [0.15, 0.2) is 43.2 Å². The van der Waals surface area contributed by atoms with Crippen molar-refractivity contribution in [2.24, 2.45) is 5.73 Å². The van der Waals surface area contributed by atoms with Crippen LogP contribution < -0.4 is 16.4 Å². The van der Waals surface area contributed by atoms with Crippen molar-refractivity contribution in [2.75, 3.05) is 17.2 Å². The van der Waals surface area contributed by atoms with Crippen molar-refractivity contribution in [3.8, 4) is 11.3 Å². The second-order valence-electron chi connectivity index (χ2n) is 6.60. The third-order valence-corrected chi connectivity index (χ3v) is 4.37. The molecule has 3 aromatic heterocycles. The van der Waals surface area contributed by atoms with Gasteiger partial charge in [0.2, 0.25) is 11.9 Å². The lowest BCUT2D eigenvalue weighted by molar-refractivity contribution is -0.117. The molecule has 0 bridgehead atoms. The molecule has 0 aromatic carbocycles. The van der Waals surface area contributed by atoms with E-state index in [1.54, 1.807) is 18.6 Å². The molecule has 4 rings (SSSR count). The third-order valence-electron chi connectivity index (χ3n) is 4.37. The molecule has 9 heteroatoms. The number of aromatic nitrogens is 5. The monoisotopic (exact) mass is 376 g/mol. The highest BCUT2D eigenvalue weighted by Crippen LogP contribution is 2.42. The van der Waals surface area contributed by atoms with Crippen molar-refractivity contribution >= 4 is 23.4 Å². The van der Waals surface area contributed by atoms with Crippen LogP contribution in [0.2, 0.25) is 0 Å². The molecule has 1 aliphatic carbocycles. The van der Waals surface area contributed by atoms with Gasteiger partial charge in [-0.25, -0.2) is 15.0 Å². The first-order valence-corrected chi connectivity index (χ1v) is 9.06. The maximum atomic E-state index is 11.0. The topological polar surface area (TPSA) is 132 Å². The van der Waals surface area contributed by atoms with Crippen molar-refractivity contribution in [3.63, 3.8) is 0 Å². The largest absolute Gasteiger partial charge is 0.370 e. The highest BCUT2D eigenvalue weighted by molar-refractivity contribution is 5.74. The zero-order chi connectivity index (χ0) is 19.3. The number of hydrogen-bond donors (Lipinski definition) is 3. The van der Waals surface area contributed by atoms with E-state index in [0.717, 1.165) is 41.2 Å². The number of nitrogens with zero attached hydrogens (tertiary/aromatic N) is 5. The summed E-state index contributed by atoms with van der Waals surface area (Å²) in [6.07, 6.45) is 11.0. The minimum atomic E-state index is -0.345. The first-order chi connectivity index (χ1) is 13.7. The van der Waals surface area contributed by atoms with Gasteiger partial charge in [0, 0.05) is 42.7 Å². The predicted molar refractivity (Wildman–Crippen MR) is 105 cm³/mol. The van der Waals surface area contributed by atoms with Crippen LogP contribution in [-0.2, 0) is 4.79 Å². The Morgan fingerprint density at radius 2 is 1.93 bits per heavy atom. The van der Waals surface area contributed by atoms with Gasteiger partial charge in [-0.1, -0.05) is 0 Å². The van der Waals surface area contributed by atoms with E-state index in [4.69, 9.17) is 5.73 Å². The van der Waals surface area contributed by atoms with Gasteiger partial charge < -0.3 is 16.4 Å². The minimum Gasteiger partial charge on any atom is -0.370 e. The van der Waals surface area contributed by atoms with Crippen molar-refractivity contribution in [3.05, 3.63) is 48.8 Å². The van der Waals surface area contributed by atoms with Gasteiger partial charge in [0.25, 0.3) is 0 Å². The average Bonchev–Trinajstić information content (AvgIpc) is 3.54. The lowest BCUT2D eigenvalue weighted by atomic mass is 10.2. The Hall–Kier alpha value is -3.62. The molecule has 1 fully saturated rings. The van der Waals surface area contributed by atoms with E-state index in [-0.39, 0.29) is 12.3 Å². The van der Waals surface area contributed by atoms with Crippen molar-refractivity contribution in [1.29, 1.82) is 0 Å². The van der Waals surface area contributed by atoms with Crippen LogP contribution in [0.25, 0.3) is 11.3 Å². The Kier molecular flexibility index (Phi) is 5.05. The molecule has 0 saturated heterocycles. The lowest BCUT2D eigenvalue weighted by Gasteiger charge is -2.12. The van der Waals surface area contributed by atoms with Gasteiger partial charge in [-0.05, 0) is 30.9 Å². The summed E-state index contributed by atoms with van der Waals surface area (Å²) in [5.74, 6) is 1.35. The molecule has 0 unspecified atom stereocenters. The predicted octanol–water partition coefficient (Wildman–Crippen LogP) is 2.24. The number of carbonyl (C=O) groups is 1. The smallest absolute Gasteiger partial charge is 0.229 e. The fraction of sp³-hybridized carbons (Fsp3) is 0.263. The second-order valence-corrected chi connectivity index (χ2v) is 6.60. The second kappa shape index (κ2) is 7.95. The number of nitrogens with one attached hydrogen (secondary N) is 2. The molecule has 0 atom stereocenters. The summed E-state index contributed by atoms with van der Waals surface area (Å²) in [4.78, 5) is 32.4. The number of anilines is 3. The molecule has 4 N–H and O–H groups in total. The number of pyridine rings is 1. The van der Waals surface area contributed by atoms with Crippen LogP contribution in [0.1, 0.15) is 30.7 Å². The van der Waals surface area contributed by atoms with E-state index in [2.05, 4.69) is 35.6 Å². The van der Waals surface area contributed by atoms with Crippen LogP contribution in [-0.4, -0.2) is 37.4 Å². The van der Waals surface area contributed by atoms with E-state index in [1.165, 1.54) is 6.33 Å². The van der Waals surface area contributed by atoms with Crippen LogP contribution in [0, 0.1) is 0 Å². The molecule has 0 radical (unpaired) electrons. The van der Waals surface area contributed by atoms with Crippen LogP contribution in [0.4, 0.5) is 17.5 Å². The van der Waals surface area contributed by atoms with Gasteiger partial charge in [-0.3, -0.25) is 9.78 Å². The summed E-state index contributed by atoms with van der Waals surface area (Å²) >= 11 is 0. The number of hydrogen-bond acceptors (Lipinski definition) is 8. The zero-order valence-corrected chi connectivity index (χ0v) is 15.2. The molecular weight excluding hydrogens is 356 g/mol. The number of primary amides is 1. The summed E-state index contributed by atoms with van der Waals surface area (Å²) in [6, 6.07) is 3.78. The molecule has 1 amide bonds. The molecule has 9 nitrogen and oxygen atoms in total. The van der Waals surface area contributed by atoms with Gasteiger partial charge in [0.05, 0.1) is 17.6 Å². The first-order valence-electron chi connectivity index (χ1n) is 9.06. The van der Waals surface area contributed by atoms with E-state index < -0.39 is 0 Å². The number of amides is 1. The summed E-state index contributed by atoms with van der Waals surface area (Å²) in [6.45, 7) is 0.445. The molecule has 0 spiro atoms. The fourth-order valence-electron chi connectivity index (χ4n) is 2.79. The molecule has 3 aromatic rings. The van der Waals surface area contributed by atoms with Crippen molar-refractivity contribution in [1.82, 2.24) is 24.9 Å². The Labute approximate surface area is 161 Å². The first kappa shape index (κ1) is 17.8. The Balaban J connectivity index is 1.48. The fourth-order valence-corrected chi connectivity index (χ4v) is 2.79. The molecule has 1 saturated carbocycles. The van der Waals surface area contributed by atoms with Crippen LogP contribution in [0.3, 0.4) is 0 Å². The summed E-state index contributed by atoms with van der Waals surface area (Å²) < 4.78 is 0. The van der Waals surface area contributed by atoms with Gasteiger partial charge >= 0.3 is 0 Å². The Morgan fingerprint density at radius 3 is 2.61 bits per heavy atom. The van der Waals surface area contributed by atoms with Crippen LogP contribution in [0.5, 0.6) is 0 Å². The molecule has 142 valence electrons. The Morgan fingerprint density at radius 1 is 1.11 bits per heavy atom. The van der Waals surface area contributed by atoms with Crippen molar-refractivity contribution < 1.29 is 4.79 Å². The third kappa shape index (κ3) is 4.37. The summed E-state index contributed by atoms with van der Waals surface area (Å²) in [7, 11) is 0. The van der Waals surface area contributed by atoms with E-state index >= 15 is 0 Å². The normalized spacial score (nSPS) is 13.1. The summed E-state index contributed by atoms with van der Waals surface area (Å²) in [5.41, 5.74) is 8.69. The lowest BCUT2D eigenvalue weighted by Crippen LogP contribution is -2.17. The average molecular weight is 376 g/mol. The molecule has 28 heavy (non-hydrogen) atoms. The Bertz CT molecular complexity index is 957. The molecule has 0 aliphatic heterocycles. The van der Waals surface area contributed by atoms with Gasteiger partial charge in [-0.15, -0.1) is 0 Å². The molecule has 3 heterocycles. The quantitative estimate of drug-likeness (QED) is 0.545. The number of nitrogens with two attached hydrogens (primary N) is 1. The maximum Gasteiger partial charge on any atom is 0.229 e. The SMILES string of the molecule is NC(=O)CCNc1nc(Nc2ccc(-c3cncnc3)nc2)ncc1C1CC1. The highest BCUT2D eigenvalue weighted by Gasteiger charge is 2.27. The molecule has 1 aliphatic rings. The number of carbonyl (C=O) groups excluding carboxylic acids is 1. The highest BCUT2D eigenvalue weighted by atomic mass is 16.1. The van der Waals surface area contributed by atoms with Crippen LogP contribution >= 0.6 is 0 Å². The van der Waals surface area contributed by atoms with Gasteiger partial charge in [0.15, 0.2) is 0 Å². The standard InChI is InChI=1S/C19H20N8O/c20-17(28)5-6-23-18-15(12-1-2-12)10-25-19(27-18)26-14-3-4-16(24-9-14)13-7-21-11-22-8-13/h3-4,7-12H,1-2,5-6H2,(H2,20,28)(H2,23,25,26,27). The summed E-state index contributed by atoms with van der Waals surface area (Å²) in [5, 5.41) is 6.36. The van der Waals surface area contributed by atoms with Gasteiger partial charge in [0.1, 0.15) is 12.1 Å². The minimum absolute atomic E-state index is 0.255.